The SMILES string of the molecule is CC(C)NC(=O)NC(C)CCc1ccccc1. The lowest BCUT2D eigenvalue weighted by Gasteiger charge is -2.16. The molecule has 94 valence electrons. The molecule has 3 heteroatoms. The second kappa shape index (κ2) is 6.94. The van der Waals surface area contributed by atoms with Crippen LogP contribution in [0.3, 0.4) is 0 Å². The summed E-state index contributed by atoms with van der Waals surface area (Å²) < 4.78 is 0. The van der Waals surface area contributed by atoms with Gasteiger partial charge in [0, 0.05) is 12.1 Å². The molecule has 3 nitrogen and oxygen atoms in total. The normalized spacial score (nSPS) is 12.2. The van der Waals surface area contributed by atoms with E-state index in [-0.39, 0.29) is 18.1 Å². The second-order valence-electron chi connectivity index (χ2n) is 4.70. The van der Waals surface area contributed by atoms with E-state index < -0.39 is 0 Å². The zero-order valence-electron chi connectivity index (χ0n) is 10.9. The highest BCUT2D eigenvalue weighted by atomic mass is 16.2. The summed E-state index contributed by atoms with van der Waals surface area (Å²) in [5.41, 5.74) is 1.31. The van der Waals surface area contributed by atoms with Gasteiger partial charge in [0.15, 0.2) is 0 Å². The van der Waals surface area contributed by atoms with Crippen LogP contribution in [0.25, 0.3) is 0 Å². The third kappa shape index (κ3) is 5.95. The van der Waals surface area contributed by atoms with Crippen molar-refractivity contribution >= 4 is 6.03 Å². The molecule has 0 aliphatic rings. The Morgan fingerprint density at radius 1 is 1.12 bits per heavy atom. The number of urea groups is 1. The summed E-state index contributed by atoms with van der Waals surface area (Å²) in [4.78, 5) is 11.5. The summed E-state index contributed by atoms with van der Waals surface area (Å²) in [6.07, 6.45) is 1.94. The minimum atomic E-state index is -0.0828. The summed E-state index contributed by atoms with van der Waals surface area (Å²) in [7, 11) is 0. The number of hydrogen-bond donors (Lipinski definition) is 2. The monoisotopic (exact) mass is 234 g/mol. The minimum Gasteiger partial charge on any atom is -0.336 e. The standard InChI is InChI=1S/C14H22N2O/c1-11(2)15-14(17)16-12(3)9-10-13-7-5-4-6-8-13/h4-8,11-12H,9-10H2,1-3H3,(H2,15,16,17). The first-order chi connectivity index (χ1) is 8.08. The van der Waals surface area contributed by atoms with Gasteiger partial charge in [0.25, 0.3) is 0 Å². The molecular weight excluding hydrogens is 212 g/mol. The molecule has 0 aliphatic heterocycles. The Balaban J connectivity index is 2.26. The zero-order chi connectivity index (χ0) is 12.7. The number of hydrogen-bond acceptors (Lipinski definition) is 1. The maximum Gasteiger partial charge on any atom is 0.315 e. The lowest BCUT2D eigenvalue weighted by atomic mass is 10.1. The first-order valence-corrected chi connectivity index (χ1v) is 6.19. The van der Waals surface area contributed by atoms with E-state index in [4.69, 9.17) is 0 Å². The molecule has 1 aromatic carbocycles. The molecule has 0 radical (unpaired) electrons. The minimum absolute atomic E-state index is 0.0828. The molecule has 0 fully saturated rings. The van der Waals surface area contributed by atoms with Crippen molar-refractivity contribution in [3.05, 3.63) is 35.9 Å². The molecule has 0 saturated carbocycles. The van der Waals surface area contributed by atoms with E-state index in [1.54, 1.807) is 0 Å². The van der Waals surface area contributed by atoms with Crippen LogP contribution in [0.4, 0.5) is 4.79 Å². The Morgan fingerprint density at radius 3 is 2.35 bits per heavy atom. The third-order valence-corrected chi connectivity index (χ3v) is 2.51. The van der Waals surface area contributed by atoms with Crippen LogP contribution < -0.4 is 10.6 Å². The highest BCUT2D eigenvalue weighted by Crippen LogP contribution is 2.04. The zero-order valence-corrected chi connectivity index (χ0v) is 10.9. The Hall–Kier alpha value is -1.51. The van der Waals surface area contributed by atoms with E-state index in [2.05, 4.69) is 22.8 Å². The van der Waals surface area contributed by atoms with E-state index in [1.807, 2.05) is 39.0 Å². The van der Waals surface area contributed by atoms with E-state index in [1.165, 1.54) is 5.56 Å². The van der Waals surface area contributed by atoms with Crippen molar-refractivity contribution in [2.24, 2.45) is 0 Å². The number of benzene rings is 1. The Bertz CT molecular complexity index is 335. The quantitative estimate of drug-likeness (QED) is 0.808. The highest BCUT2D eigenvalue weighted by Gasteiger charge is 2.07. The van der Waals surface area contributed by atoms with Crippen molar-refractivity contribution in [3.63, 3.8) is 0 Å². The smallest absolute Gasteiger partial charge is 0.315 e. The van der Waals surface area contributed by atoms with Crippen LogP contribution in [0.5, 0.6) is 0 Å². The predicted molar refractivity (Wildman–Crippen MR) is 71.0 cm³/mol. The fourth-order valence-corrected chi connectivity index (χ4v) is 1.63. The second-order valence-corrected chi connectivity index (χ2v) is 4.70. The molecule has 0 saturated heterocycles. The first kappa shape index (κ1) is 13.6. The largest absolute Gasteiger partial charge is 0.336 e. The molecule has 2 amide bonds. The van der Waals surface area contributed by atoms with Gasteiger partial charge in [-0.25, -0.2) is 4.79 Å². The molecule has 0 bridgehead atoms. The predicted octanol–water partition coefficient (Wildman–Crippen LogP) is 2.72. The van der Waals surface area contributed by atoms with Gasteiger partial charge in [-0.1, -0.05) is 30.3 Å². The Labute approximate surface area is 104 Å². The number of aryl methyl sites for hydroxylation is 1. The van der Waals surface area contributed by atoms with Crippen molar-refractivity contribution in [2.75, 3.05) is 0 Å². The van der Waals surface area contributed by atoms with Crippen LogP contribution in [0.1, 0.15) is 32.8 Å². The summed E-state index contributed by atoms with van der Waals surface area (Å²) in [5.74, 6) is 0. The van der Waals surface area contributed by atoms with Crippen molar-refractivity contribution in [2.45, 2.75) is 45.7 Å². The maximum atomic E-state index is 11.5. The molecule has 2 N–H and O–H groups in total. The number of carbonyl (C=O) groups is 1. The molecule has 0 aromatic heterocycles. The molecule has 1 aromatic rings. The van der Waals surface area contributed by atoms with Gasteiger partial charge in [-0.2, -0.15) is 0 Å². The summed E-state index contributed by atoms with van der Waals surface area (Å²) in [5, 5.41) is 5.75. The Kier molecular flexibility index (Phi) is 5.53. The van der Waals surface area contributed by atoms with Crippen LogP contribution in [0, 0.1) is 0 Å². The van der Waals surface area contributed by atoms with Crippen molar-refractivity contribution in [1.82, 2.24) is 10.6 Å². The third-order valence-electron chi connectivity index (χ3n) is 2.51. The average Bonchev–Trinajstić information content (AvgIpc) is 2.26. The van der Waals surface area contributed by atoms with Crippen molar-refractivity contribution < 1.29 is 4.79 Å². The molecule has 0 aliphatic carbocycles. The molecule has 1 atom stereocenters. The van der Waals surface area contributed by atoms with Gasteiger partial charge in [-0.3, -0.25) is 0 Å². The van der Waals surface area contributed by atoms with Crippen LogP contribution in [-0.4, -0.2) is 18.1 Å². The molecule has 17 heavy (non-hydrogen) atoms. The van der Waals surface area contributed by atoms with Gasteiger partial charge < -0.3 is 10.6 Å². The fraction of sp³-hybridized carbons (Fsp3) is 0.500. The number of nitrogens with one attached hydrogen (secondary N) is 2. The van der Waals surface area contributed by atoms with Crippen molar-refractivity contribution in [1.29, 1.82) is 0 Å². The topological polar surface area (TPSA) is 41.1 Å². The van der Waals surface area contributed by atoms with Gasteiger partial charge >= 0.3 is 6.03 Å². The van der Waals surface area contributed by atoms with Crippen LogP contribution in [0.15, 0.2) is 30.3 Å². The van der Waals surface area contributed by atoms with Gasteiger partial charge in [0.05, 0.1) is 0 Å². The number of rotatable bonds is 5. The Morgan fingerprint density at radius 2 is 1.76 bits per heavy atom. The van der Waals surface area contributed by atoms with E-state index in [0.29, 0.717) is 0 Å². The number of carbonyl (C=O) groups excluding carboxylic acids is 1. The molecule has 1 unspecified atom stereocenters. The van der Waals surface area contributed by atoms with Gasteiger partial charge in [-0.05, 0) is 39.2 Å². The molecule has 0 spiro atoms. The van der Waals surface area contributed by atoms with Crippen molar-refractivity contribution in [3.8, 4) is 0 Å². The van der Waals surface area contributed by atoms with Crippen LogP contribution >= 0.6 is 0 Å². The van der Waals surface area contributed by atoms with E-state index >= 15 is 0 Å². The molecule has 0 heterocycles. The van der Waals surface area contributed by atoms with Crippen LogP contribution in [0.2, 0.25) is 0 Å². The highest BCUT2D eigenvalue weighted by molar-refractivity contribution is 5.74. The van der Waals surface area contributed by atoms with Crippen LogP contribution in [-0.2, 0) is 6.42 Å². The summed E-state index contributed by atoms with van der Waals surface area (Å²) >= 11 is 0. The maximum absolute atomic E-state index is 11.5. The molecule has 1 rings (SSSR count). The number of amides is 2. The average molecular weight is 234 g/mol. The molecular formula is C14H22N2O. The van der Waals surface area contributed by atoms with E-state index in [0.717, 1.165) is 12.8 Å². The van der Waals surface area contributed by atoms with E-state index in [9.17, 15) is 4.79 Å². The van der Waals surface area contributed by atoms with Gasteiger partial charge in [0.1, 0.15) is 0 Å². The summed E-state index contributed by atoms with van der Waals surface area (Å²) in [6, 6.07) is 10.6. The first-order valence-electron chi connectivity index (χ1n) is 6.19. The summed E-state index contributed by atoms with van der Waals surface area (Å²) in [6.45, 7) is 5.94. The van der Waals surface area contributed by atoms with Gasteiger partial charge in [0.2, 0.25) is 0 Å². The lowest BCUT2D eigenvalue weighted by Crippen LogP contribution is -2.43. The van der Waals surface area contributed by atoms with Gasteiger partial charge in [-0.15, -0.1) is 0 Å². The lowest BCUT2D eigenvalue weighted by molar-refractivity contribution is 0.235. The fourth-order valence-electron chi connectivity index (χ4n) is 1.63.